The van der Waals surface area contributed by atoms with Crippen LogP contribution in [0.25, 0.3) is 0 Å². The molecule has 4 atom stereocenters. The van der Waals surface area contributed by atoms with Crippen molar-refractivity contribution in [3.8, 4) is 0 Å². The monoisotopic (exact) mass is 292 g/mol. The number of thioether (sulfide) groups is 2. The second-order valence-corrected chi connectivity index (χ2v) is 7.56. The van der Waals surface area contributed by atoms with Gasteiger partial charge in [0, 0.05) is 22.0 Å². The lowest BCUT2D eigenvalue weighted by Gasteiger charge is -2.27. The van der Waals surface area contributed by atoms with Crippen LogP contribution in [0.5, 0.6) is 0 Å². The number of epoxide rings is 2. The highest BCUT2D eigenvalue weighted by Gasteiger charge is 2.27. The van der Waals surface area contributed by atoms with E-state index in [0.29, 0.717) is 22.7 Å². The molecule has 3 saturated heterocycles. The summed E-state index contributed by atoms with van der Waals surface area (Å²) in [4.78, 5) is 0. The van der Waals surface area contributed by atoms with Crippen LogP contribution in [0.4, 0.5) is 0 Å². The van der Waals surface area contributed by atoms with Crippen LogP contribution in [0, 0.1) is 0 Å². The molecule has 0 amide bonds. The van der Waals surface area contributed by atoms with Gasteiger partial charge in [0.15, 0.2) is 0 Å². The standard InChI is InChI=1S/C12H20O4S2/c1(9-3-15-9)13-5-11-7-18-12(8-17-11)6-14-2-10-4-16-10/h9-12H,1-8H2. The fourth-order valence-corrected chi connectivity index (χ4v) is 4.56. The molecule has 4 nitrogen and oxygen atoms in total. The molecule has 3 heterocycles. The van der Waals surface area contributed by atoms with E-state index in [1.165, 1.54) is 11.5 Å². The van der Waals surface area contributed by atoms with E-state index in [-0.39, 0.29) is 0 Å². The molecule has 0 radical (unpaired) electrons. The third-order valence-electron chi connectivity index (χ3n) is 3.06. The molecule has 3 aliphatic rings. The summed E-state index contributed by atoms with van der Waals surface area (Å²) in [5.41, 5.74) is 0. The molecule has 6 heteroatoms. The minimum atomic E-state index is 0.386. The molecule has 3 aliphatic heterocycles. The molecule has 18 heavy (non-hydrogen) atoms. The lowest BCUT2D eigenvalue weighted by atomic mass is 10.4. The zero-order valence-corrected chi connectivity index (χ0v) is 12.0. The predicted molar refractivity (Wildman–Crippen MR) is 73.6 cm³/mol. The maximum Gasteiger partial charge on any atom is 0.104 e. The Balaban J connectivity index is 1.21. The average molecular weight is 292 g/mol. The summed E-state index contributed by atoms with van der Waals surface area (Å²) in [7, 11) is 0. The maximum absolute atomic E-state index is 5.65. The van der Waals surface area contributed by atoms with Crippen molar-refractivity contribution in [2.24, 2.45) is 0 Å². The van der Waals surface area contributed by atoms with E-state index in [0.717, 1.165) is 39.6 Å². The highest BCUT2D eigenvalue weighted by Crippen LogP contribution is 2.30. The van der Waals surface area contributed by atoms with Gasteiger partial charge in [-0.1, -0.05) is 0 Å². The minimum absolute atomic E-state index is 0.386. The van der Waals surface area contributed by atoms with Gasteiger partial charge in [-0.3, -0.25) is 0 Å². The summed E-state index contributed by atoms with van der Waals surface area (Å²) >= 11 is 4.04. The van der Waals surface area contributed by atoms with Crippen LogP contribution in [0.15, 0.2) is 0 Å². The molecule has 0 aromatic carbocycles. The molecular formula is C12H20O4S2. The topological polar surface area (TPSA) is 43.5 Å². The fraction of sp³-hybridized carbons (Fsp3) is 1.00. The molecule has 0 aliphatic carbocycles. The lowest BCUT2D eigenvalue weighted by Crippen LogP contribution is -2.28. The molecular weight excluding hydrogens is 272 g/mol. The quantitative estimate of drug-likeness (QED) is 0.623. The first-order valence-corrected chi connectivity index (χ1v) is 8.62. The first-order valence-electron chi connectivity index (χ1n) is 6.52. The van der Waals surface area contributed by atoms with Gasteiger partial charge in [-0.05, 0) is 0 Å². The van der Waals surface area contributed by atoms with Crippen LogP contribution in [-0.4, -0.2) is 73.9 Å². The Bertz CT molecular complexity index is 224. The van der Waals surface area contributed by atoms with Gasteiger partial charge < -0.3 is 18.9 Å². The molecule has 3 fully saturated rings. The number of hydrogen-bond acceptors (Lipinski definition) is 6. The van der Waals surface area contributed by atoms with Gasteiger partial charge in [-0.2, -0.15) is 23.5 Å². The molecule has 0 aromatic rings. The minimum Gasteiger partial charge on any atom is -0.377 e. The molecule has 0 N–H and O–H groups in total. The van der Waals surface area contributed by atoms with Gasteiger partial charge in [0.25, 0.3) is 0 Å². The molecule has 3 rings (SSSR count). The van der Waals surface area contributed by atoms with Crippen molar-refractivity contribution in [2.75, 3.05) is 51.1 Å². The summed E-state index contributed by atoms with van der Waals surface area (Å²) in [5.74, 6) is 2.34. The van der Waals surface area contributed by atoms with Crippen LogP contribution < -0.4 is 0 Å². The predicted octanol–water partition coefficient (Wildman–Crippen LogP) is 1.03. The summed E-state index contributed by atoms with van der Waals surface area (Å²) in [5, 5.41) is 1.27. The molecule has 0 saturated carbocycles. The van der Waals surface area contributed by atoms with Crippen molar-refractivity contribution in [1.82, 2.24) is 0 Å². The fourth-order valence-electron chi connectivity index (χ4n) is 1.77. The van der Waals surface area contributed by atoms with E-state index >= 15 is 0 Å². The average Bonchev–Trinajstić information content (AvgIpc) is 3.25. The Morgan fingerprint density at radius 3 is 1.56 bits per heavy atom. The van der Waals surface area contributed by atoms with Crippen molar-refractivity contribution in [2.45, 2.75) is 22.7 Å². The normalized spacial score (nSPS) is 38.7. The van der Waals surface area contributed by atoms with E-state index in [4.69, 9.17) is 18.9 Å². The zero-order chi connectivity index (χ0) is 12.2. The van der Waals surface area contributed by atoms with Crippen LogP contribution in [0.2, 0.25) is 0 Å². The summed E-state index contributed by atoms with van der Waals surface area (Å²) in [6, 6.07) is 0. The first-order chi connectivity index (χ1) is 8.90. The third-order valence-corrected chi connectivity index (χ3v) is 6.22. The zero-order valence-electron chi connectivity index (χ0n) is 10.4. The highest BCUT2D eigenvalue weighted by molar-refractivity contribution is 8.07. The Morgan fingerprint density at radius 1 is 0.778 bits per heavy atom. The van der Waals surface area contributed by atoms with Gasteiger partial charge >= 0.3 is 0 Å². The summed E-state index contributed by atoms with van der Waals surface area (Å²) in [6.07, 6.45) is 0.772. The Kier molecular flexibility index (Phi) is 5.12. The van der Waals surface area contributed by atoms with Crippen molar-refractivity contribution < 1.29 is 18.9 Å². The second-order valence-electron chi connectivity index (χ2n) is 4.90. The Morgan fingerprint density at radius 2 is 1.22 bits per heavy atom. The van der Waals surface area contributed by atoms with Crippen molar-refractivity contribution in [1.29, 1.82) is 0 Å². The number of ether oxygens (including phenoxy) is 4. The van der Waals surface area contributed by atoms with E-state index in [9.17, 15) is 0 Å². The van der Waals surface area contributed by atoms with E-state index < -0.39 is 0 Å². The second kappa shape index (κ2) is 6.81. The van der Waals surface area contributed by atoms with E-state index in [1.54, 1.807) is 0 Å². The molecule has 0 bridgehead atoms. The number of rotatable bonds is 8. The lowest BCUT2D eigenvalue weighted by molar-refractivity contribution is 0.117. The molecule has 104 valence electrons. The highest BCUT2D eigenvalue weighted by atomic mass is 32.2. The third kappa shape index (κ3) is 4.90. The summed E-state index contributed by atoms with van der Waals surface area (Å²) < 4.78 is 21.5. The first kappa shape index (κ1) is 13.5. The molecule has 0 aromatic heterocycles. The van der Waals surface area contributed by atoms with Crippen LogP contribution >= 0.6 is 23.5 Å². The van der Waals surface area contributed by atoms with Gasteiger partial charge in [-0.25, -0.2) is 0 Å². The molecule has 0 spiro atoms. The van der Waals surface area contributed by atoms with Gasteiger partial charge in [-0.15, -0.1) is 0 Å². The number of hydrogen-bond donors (Lipinski definition) is 0. The Hall–Kier alpha value is 0.540. The van der Waals surface area contributed by atoms with Gasteiger partial charge in [0.05, 0.1) is 39.6 Å². The van der Waals surface area contributed by atoms with E-state index in [1.807, 2.05) is 23.5 Å². The van der Waals surface area contributed by atoms with Crippen LogP contribution in [0.3, 0.4) is 0 Å². The maximum atomic E-state index is 5.65. The van der Waals surface area contributed by atoms with Crippen molar-refractivity contribution in [3.63, 3.8) is 0 Å². The smallest absolute Gasteiger partial charge is 0.104 e. The van der Waals surface area contributed by atoms with Crippen LogP contribution in [0.1, 0.15) is 0 Å². The molecule has 4 unspecified atom stereocenters. The van der Waals surface area contributed by atoms with Crippen LogP contribution in [-0.2, 0) is 18.9 Å². The SMILES string of the molecule is C(OCC1CSC(COCC2CO2)CS1)C1CO1. The van der Waals surface area contributed by atoms with Gasteiger partial charge in [0.2, 0.25) is 0 Å². The Labute approximate surface area is 116 Å². The summed E-state index contributed by atoms with van der Waals surface area (Å²) in [6.45, 7) is 5.04. The van der Waals surface area contributed by atoms with Gasteiger partial charge in [0.1, 0.15) is 12.2 Å². The largest absolute Gasteiger partial charge is 0.377 e. The van der Waals surface area contributed by atoms with Crippen molar-refractivity contribution in [3.05, 3.63) is 0 Å². The van der Waals surface area contributed by atoms with E-state index in [2.05, 4.69) is 0 Å². The van der Waals surface area contributed by atoms with Crippen molar-refractivity contribution >= 4 is 23.5 Å².